The molecule has 0 radical (unpaired) electrons. The van der Waals surface area contributed by atoms with E-state index in [4.69, 9.17) is 23.4 Å². The first-order valence-electron chi connectivity index (χ1n) is 24.8. The first kappa shape index (κ1) is 29.3. The van der Waals surface area contributed by atoms with Crippen molar-refractivity contribution in [3.05, 3.63) is 200 Å². The number of imidazole rings is 1. The minimum atomic E-state index is -0.570. The molecule has 0 spiro atoms. The van der Waals surface area contributed by atoms with E-state index in [0.717, 1.165) is 38.7 Å². The second kappa shape index (κ2) is 15.5. The van der Waals surface area contributed by atoms with E-state index in [0.29, 0.717) is 33.6 Å². The monoisotopic (exact) mass is 992 g/mol. The normalized spacial score (nSPS) is 14.0. The van der Waals surface area contributed by atoms with Crippen LogP contribution in [0.25, 0.3) is 83.2 Å². The van der Waals surface area contributed by atoms with Gasteiger partial charge in [0.2, 0.25) is 0 Å². The molecule has 4 heterocycles. The third-order valence-electron chi connectivity index (χ3n) is 11.1. The number of ether oxygens (including phenoxy) is 1. The second-order valence-corrected chi connectivity index (χ2v) is 15.9. The van der Waals surface area contributed by atoms with Crippen LogP contribution in [0, 0.1) is 18.5 Å². The van der Waals surface area contributed by atoms with Crippen LogP contribution in [0.4, 0.5) is 0 Å². The fraction of sp³-hybridized carbons (Fsp3) is 0.0909. The van der Waals surface area contributed by atoms with Gasteiger partial charge in [-0.25, -0.2) is 4.98 Å². The molecule has 304 valence electrons. The van der Waals surface area contributed by atoms with Crippen LogP contribution < -0.4 is 9.30 Å². The van der Waals surface area contributed by atoms with E-state index >= 15 is 0 Å². The molecule has 4 aromatic heterocycles. The Kier molecular flexibility index (Phi) is 7.31. The Morgan fingerprint density at radius 3 is 2.06 bits per heavy atom. The van der Waals surface area contributed by atoms with E-state index in [1.807, 2.05) is 95.3 Å². The summed E-state index contributed by atoms with van der Waals surface area (Å²) in [4.78, 5) is 4.81. The number of hydrogen-bond acceptors (Lipinski definition) is 2. The molecule has 0 atom stereocenters. The zero-order chi connectivity index (χ0) is 49.9. The summed E-state index contributed by atoms with van der Waals surface area (Å²) in [5.74, 6) is 1.64. The Bertz CT molecular complexity index is 3920. The van der Waals surface area contributed by atoms with Gasteiger partial charge in [0.05, 0.1) is 36.1 Å². The Balaban J connectivity index is 0.00000596. The molecule has 0 aliphatic heterocycles. The first-order valence-corrected chi connectivity index (χ1v) is 19.8. The standard InChI is InChI=1S/C55H41N5O.Pt/c1-55(2,3)39-30-31-56-53(32-39)60-48-23-12-11-20-44(48)45-28-26-41(34-51(45)60)61-40-27-29-47-46(33-40)52(35-57(47)4)58-36-59(50-25-14-13-24-49(50)58)54-42(37-16-7-5-8-17-37)21-15-22-43(54)38-18-9-6-10-19-38;/h5-32,35H,1-4H3;/q-2;/i5D,6D,7D,8D,9D,10D,16D,17D,18D,19D;. The van der Waals surface area contributed by atoms with E-state index in [2.05, 4.69) is 62.0 Å². The molecule has 0 saturated heterocycles. The molecular formula is C55H41N5OPt-2. The number of fused-ring (bicyclic) bond motifs is 5. The number of aryl methyl sites for hydroxylation is 1. The maximum atomic E-state index is 9.05. The minimum absolute atomic E-state index is 0. The molecule has 0 fully saturated rings. The largest absolute Gasteiger partial charge is 0.503 e. The van der Waals surface area contributed by atoms with Crippen molar-refractivity contribution in [2.24, 2.45) is 7.05 Å². The van der Waals surface area contributed by atoms with Crippen molar-refractivity contribution in [1.29, 1.82) is 0 Å². The van der Waals surface area contributed by atoms with Crippen LogP contribution in [-0.2, 0) is 33.5 Å². The van der Waals surface area contributed by atoms with Gasteiger partial charge in [0.25, 0.3) is 6.33 Å². The smallest absolute Gasteiger partial charge is 0.268 e. The van der Waals surface area contributed by atoms with Crippen molar-refractivity contribution in [2.45, 2.75) is 26.2 Å². The number of aromatic nitrogens is 5. The molecule has 0 unspecified atom stereocenters. The van der Waals surface area contributed by atoms with E-state index in [1.165, 1.54) is 0 Å². The number of pyridine rings is 1. The van der Waals surface area contributed by atoms with Crippen molar-refractivity contribution in [3.63, 3.8) is 0 Å². The Morgan fingerprint density at radius 1 is 0.677 bits per heavy atom. The van der Waals surface area contributed by atoms with Crippen molar-refractivity contribution >= 4 is 43.7 Å². The van der Waals surface area contributed by atoms with Crippen molar-refractivity contribution < 1.29 is 44.1 Å². The zero-order valence-electron chi connectivity index (χ0n) is 43.9. The number of nitrogens with zero attached hydrogens (tertiary/aromatic N) is 5. The quantitative estimate of drug-likeness (QED) is 0.118. The Morgan fingerprint density at radius 2 is 1.34 bits per heavy atom. The van der Waals surface area contributed by atoms with Crippen LogP contribution in [0.1, 0.15) is 40.0 Å². The molecule has 7 heteroatoms. The fourth-order valence-electron chi connectivity index (χ4n) is 8.16. The molecule has 7 aromatic carbocycles. The van der Waals surface area contributed by atoms with Crippen LogP contribution >= 0.6 is 0 Å². The third kappa shape index (κ3) is 6.63. The van der Waals surface area contributed by atoms with Crippen molar-refractivity contribution in [3.8, 4) is 50.9 Å². The molecule has 0 aliphatic carbocycles. The van der Waals surface area contributed by atoms with E-state index < -0.39 is 60.4 Å². The summed E-state index contributed by atoms with van der Waals surface area (Å²) >= 11 is 0. The number of para-hydroxylation sites is 4. The summed E-state index contributed by atoms with van der Waals surface area (Å²) in [6.07, 6.45) is 7.24. The summed E-state index contributed by atoms with van der Waals surface area (Å²) in [5.41, 5.74) is 5.68. The Labute approximate surface area is 389 Å². The summed E-state index contributed by atoms with van der Waals surface area (Å²) < 4.78 is 101. The zero-order valence-corrected chi connectivity index (χ0v) is 36.2. The summed E-state index contributed by atoms with van der Waals surface area (Å²) in [7, 11) is 1.91. The number of hydrogen-bond donors (Lipinski definition) is 0. The average molecular weight is 993 g/mol. The van der Waals surface area contributed by atoms with E-state index in [-0.39, 0.29) is 54.4 Å². The summed E-state index contributed by atoms with van der Waals surface area (Å²) in [5, 5.41) is 2.71. The summed E-state index contributed by atoms with van der Waals surface area (Å²) in [6.45, 7) is 6.52. The van der Waals surface area contributed by atoms with Crippen molar-refractivity contribution in [2.75, 3.05) is 0 Å². The predicted octanol–water partition coefficient (Wildman–Crippen LogP) is 12.7. The van der Waals surface area contributed by atoms with Gasteiger partial charge in [0.15, 0.2) is 0 Å². The van der Waals surface area contributed by atoms with Gasteiger partial charge in [-0.3, -0.25) is 9.13 Å². The molecular weight excluding hydrogens is 942 g/mol. The second-order valence-electron chi connectivity index (χ2n) is 15.9. The average Bonchev–Trinajstić information content (AvgIpc) is 4.02. The third-order valence-corrected chi connectivity index (χ3v) is 11.1. The number of rotatable bonds is 7. The van der Waals surface area contributed by atoms with Crippen LogP contribution in [0.2, 0.25) is 0 Å². The van der Waals surface area contributed by atoms with Gasteiger partial charge in [-0.05, 0) is 68.5 Å². The molecule has 0 bridgehead atoms. The van der Waals surface area contributed by atoms with Crippen LogP contribution in [0.5, 0.6) is 11.5 Å². The minimum Gasteiger partial charge on any atom is -0.503 e. The van der Waals surface area contributed by atoms with Gasteiger partial charge >= 0.3 is 0 Å². The molecule has 11 rings (SSSR count). The van der Waals surface area contributed by atoms with E-state index in [9.17, 15) is 0 Å². The van der Waals surface area contributed by atoms with Gasteiger partial charge in [-0.2, -0.15) is 6.07 Å². The molecule has 6 nitrogen and oxygen atoms in total. The molecule has 0 N–H and O–H groups in total. The molecule has 0 saturated carbocycles. The molecule has 62 heavy (non-hydrogen) atoms. The van der Waals surface area contributed by atoms with Gasteiger partial charge in [-0.15, -0.1) is 23.6 Å². The molecule has 0 aliphatic rings. The van der Waals surface area contributed by atoms with Gasteiger partial charge in [0.1, 0.15) is 5.82 Å². The first-order chi connectivity index (χ1) is 33.9. The topological polar surface area (TPSA) is 40.8 Å². The predicted molar refractivity (Wildman–Crippen MR) is 246 cm³/mol. The fourth-order valence-corrected chi connectivity index (χ4v) is 8.16. The molecule has 11 aromatic rings. The maximum Gasteiger partial charge on any atom is 0.268 e. The Hall–Kier alpha value is -7.01. The van der Waals surface area contributed by atoms with E-state index in [1.54, 1.807) is 22.8 Å². The van der Waals surface area contributed by atoms with Gasteiger partial charge in [-0.1, -0.05) is 165 Å². The number of benzene rings is 7. The molecule has 0 amide bonds. The SMILES string of the molecule is [2H]c1c([2H])c([2H])c(-c2cccc(-c3c([2H])c([2H])c([2H])c([2H])c3[2H])c2-[n+]2[c-]n(-c3cn(C)c4ccc(Oc5[c-]c6c(cc5)c5ccccc5n6-c5cc(C(C)(C)C)ccn5)[c-]c34)c3ccccc32)c([2H])c1[2H].[Pt]. The van der Waals surface area contributed by atoms with Gasteiger partial charge < -0.3 is 13.9 Å². The van der Waals surface area contributed by atoms with Crippen molar-refractivity contribution in [1.82, 2.24) is 18.7 Å². The summed E-state index contributed by atoms with van der Waals surface area (Å²) in [6, 6.07) is 34.0. The van der Waals surface area contributed by atoms with Crippen LogP contribution in [0.3, 0.4) is 0 Å². The van der Waals surface area contributed by atoms with Crippen LogP contribution in [-0.4, -0.2) is 18.7 Å². The van der Waals surface area contributed by atoms with Crippen LogP contribution in [0.15, 0.2) is 176 Å². The van der Waals surface area contributed by atoms with Gasteiger partial charge in [0, 0.05) is 51.3 Å². The maximum absolute atomic E-state index is 9.05.